The van der Waals surface area contributed by atoms with Gasteiger partial charge in [0.2, 0.25) is 0 Å². The molecule has 1 fully saturated rings. The normalized spacial score (nSPS) is 15.9. The van der Waals surface area contributed by atoms with Gasteiger partial charge in [0.05, 0.1) is 0 Å². The molecule has 0 heterocycles. The number of aryl methyl sites for hydroxylation is 1. The largest absolute Gasteiger partial charge is 0.313 e. The SMILES string of the molecule is Cc1cc(F)cc(CC(CNC2CC2)c2ccccc2)c1. The highest BCUT2D eigenvalue weighted by Crippen LogP contribution is 2.24. The molecule has 0 aliphatic heterocycles. The molecule has 0 saturated heterocycles. The van der Waals surface area contributed by atoms with Crippen molar-refractivity contribution in [3.63, 3.8) is 0 Å². The van der Waals surface area contributed by atoms with Gasteiger partial charge in [-0.25, -0.2) is 4.39 Å². The zero-order valence-electron chi connectivity index (χ0n) is 12.5. The van der Waals surface area contributed by atoms with Crippen molar-refractivity contribution in [2.45, 2.75) is 38.1 Å². The number of hydrogen-bond acceptors (Lipinski definition) is 1. The summed E-state index contributed by atoms with van der Waals surface area (Å²) in [5, 5.41) is 3.61. The van der Waals surface area contributed by atoms with Crippen LogP contribution in [0.5, 0.6) is 0 Å². The van der Waals surface area contributed by atoms with Crippen LogP contribution in [0.25, 0.3) is 0 Å². The molecule has 1 aliphatic rings. The second-order valence-electron chi connectivity index (χ2n) is 6.13. The van der Waals surface area contributed by atoms with Crippen LogP contribution in [0, 0.1) is 12.7 Å². The Morgan fingerprint density at radius 2 is 1.90 bits per heavy atom. The molecule has 0 bridgehead atoms. The predicted octanol–water partition coefficient (Wildman–Crippen LogP) is 4.21. The lowest BCUT2D eigenvalue weighted by Crippen LogP contribution is -2.24. The van der Waals surface area contributed by atoms with Crippen LogP contribution in [-0.2, 0) is 6.42 Å². The van der Waals surface area contributed by atoms with Crippen molar-refractivity contribution in [3.8, 4) is 0 Å². The molecule has 1 aliphatic carbocycles. The van der Waals surface area contributed by atoms with Crippen LogP contribution in [0.1, 0.15) is 35.4 Å². The average Bonchev–Trinajstić information content (AvgIpc) is 3.27. The minimum atomic E-state index is -0.132. The molecular weight excluding hydrogens is 261 g/mol. The Bertz CT molecular complexity index is 570. The molecule has 1 saturated carbocycles. The van der Waals surface area contributed by atoms with Crippen LogP contribution >= 0.6 is 0 Å². The second kappa shape index (κ2) is 6.40. The molecule has 1 N–H and O–H groups in total. The number of halogens is 1. The lowest BCUT2D eigenvalue weighted by molar-refractivity contribution is 0.573. The van der Waals surface area contributed by atoms with E-state index in [2.05, 4.69) is 35.6 Å². The minimum Gasteiger partial charge on any atom is -0.313 e. The van der Waals surface area contributed by atoms with E-state index in [4.69, 9.17) is 0 Å². The fraction of sp³-hybridized carbons (Fsp3) is 0.368. The van der Waals surface area contributed by atoms with E-state index in [1.165, 1.54) is 18.4 Å². The van der Waals surface area contributed by atoms with Crippen molar-refractivity contribution < 1.29 is 4.39 Å². The lowest BCUT2D eigenvalue weighted by Gasteiger charge is -2.19. The molecule has 0 amide bonds. The molecule has 2 heteroatoms. The van der Waals surface area contributed by atoms with E-state index in [1.807, 2.05) is 13.0 Å². The first-order chi connectivity index (χ1) is 10.2. The van der Waals surface area contributed by atoms with E-state index < -0.39 is 0 Å². The van der Waals surface area contributed by atoms with Crippen molar-refractivity contribution in [2.75, 3.05) is 6.54 Å². The van der Waals surface area contributed by atoms with E-state index in [1.54, 1.807) is 12.1 Å². The standard InChI is InChI=1S/C19H22FN/c1-14-9-15(12-18(20)10-14)11-17(13-21-19-7-8-19)16-5-3-2-4-6-16/h2-6,9-10,12,17,19,21H,7-8,11,13H2,1H3. The van der Waals surface area contributed by atoms with Crippen LogP contribution in [0.3, 0.4) is 0 Å². The Balaban J connectivity index is 1.77. The second-order valence-corrected chi connectivity index (χ2v) is 6.13. The first-order valence-electron chi connectivity index (χ1n) is 7.75. The third-order valence-corrected chi connectivity index (χ3v) is 4.09. The first kappa shape index (κ1) is 14.3. The Kier molecular flexibility index (Phi) is 4.35. The van der Waals surface area contributed by atoms with E-state index in [9.17, 15) is 4.39 Å². The quantitative estimate of drug-likeness (QED) is 0.837. The van der Waals surface area contributed by atoms with Crippen molar-refractivity contribution in [1.29, 1.82) is 0 Å². The van der Waals surface area contributed by atoms with Crippen LogP contribution in [0.15, 0.2) is 48.5 Å². The number of benzene rings is 2. The summed E-state index contributed by atoms with van der Waals surface area (Å²) >= 11 is 0. The van der Waals surface area contributed by atoms with Crippen molar-refractivity contribution in [1.82, 2.24) is 5.32 Å². The molecule has 2 aromatic carbocycles. The smallest absolute Gasteiger partial charge is 0.123 e. The third kappa shape index (κ3) is 4.15. The first-order valence-corrected chi connectivity index (χ1v) is 7.75. The van der Waals surface area contributed by atoms with Crippen molar-refractivity contribution >= 4 is 0 Å². The molecule has 1 nitrogen and oxygen atoms in total. The number of hydrogen-bond donors (Lipinski definition) is 1. The Morgan fingerprint density at radius 3 is 2.57 bits per heavy atom. The molecule has 21 heavy (non-hydrogen) atoms. The van der Waals surface area contributed by atoms with Gasteiger partial charge in [-0.15, -0.1) is 0 Å². The van der Waals surface area contributed by atoms with Crippen molar-refractivity contribution in [2.24, 2.45) is 0 Å². The van der Waals surface area contributed by atoms with Gasteiger partial charge in [0, 0.05) is 18.5 Å². The third-order valence-electron chi connectivity index (χ3n) is 4.09. The van der Waals surface area contributed by atoms with Crippen LogP contribution in [-0.4, -0.2) is 12.6 Å². The zero-order chi connectivity index (χ0) is 14.7. The van der Waals surface area contributed by atoms with Crippen LogP contribution in [0.2, 0.25) is 0 Å². The monoisotopic (exact) mass is 283 g/mol. The summed E-state index contributed by atoms with van der Waals surface area (Å²) in [6.45, 7) is 2.91. The molecular formula is C19H22FN. The van der Waals surface area contributed by atoms with Gasteiger partial charge in [0.15, 0.2) is 0 Å². The van der Waals surface area contributed by atoms with Crippen LogP contribution < -0.4 is 5.32 Å². The number of rotatable bonds is 6. The average molecular weight is 283 g/mol. The van der Waals surface area contributed by atoms with Gasteiger partial charge in [0.1, 0.15) is 5.82 Å². The summed E-state index contributed by atoms with van der Waals surface area (Å²) in [4.78, 5) is 0. The summed E-state index contributed by atoms with van der Waals surface area (Å²) < 4.78 is 13.6. The molecule has 0 aromatic heterocycles. The van der Waals surface area contributed by atoms with Crippen LogP contribution in [0.4, 0.5) is 4.39 Å². The Hall–Kier alpha value is -1.67. The predicted molar refractivity (Wildman–Crippen MR) is 85.0 cm³/mol. The Morgan fingerprint density at radius 1 is 1.14 bits per heavy atom. The van der Waals surface area contributed by atoms with Gasteiger partial charge < -0.3 is 5.32 Å². The number of nitrogens with one attached hydrogen (secondary N) is 1. The zero-order valence-corrected chi connectivity index (χ0v) is 12.5. The topological polar surface area (TPSA) is 12.0 Å². The van der Waals surface area contributed by atoms with E-state index in [0.29, 0.717) is 12.0 Å². The molecule has 0 radical (unpaired) electrons. The minimum absolute atomic E-state index is 0.132. The van der Waals surface area contributed by atoms with Crippen molar-refractivity contribution in [3.05, 3.63) is 71.0 Å². The summed E-state index contributed by atoms with van der Waals surface area (Å²) in [6, 6.07) is 16.6. The molecule has 0 spiro atoms. The molecule has 2 aromatic rings. The summed E-state index contributed by atoms with van der Waals surface area (Å²) in [5.74, 6) is 0.264. The highest BCUT2D eigenvalue weighted by molar-refractivity contribution is 5.28. The fourth-order valence-electron chi connectivity index (χ4n) is 2.84. The van der Waals surface area contributed by atoms with Gasteiger partial charge in [-0.1, -0.05) is 36.4 Å². The lowest BCUT2D eigenvalue weighted by atomic mass is 9.91. The van der Waals surface area contributed by atoms with E-state index in [0.717, 1.165) is 24.1 Å². The molecule has 110 valence electrons. The maximum absolute atomic E-state index is 13.6. The molecule has 3 rings (SSSR count). The summed E-state index contributed by atoms with van der Waals surface area (Å²) in [5.41, 5.74) is 3.40. The Labute approximate surface area is 126 Å². The fourth-order valence-corrected chi connectivity index (χ4v) is 2.84. The van der Waals surface area contributed by atoms with Gasteiger partial charge in [-0.3, -0.25) is 0 Å². The van der Waals surface area contributed by atoms with E-state index in [-0.39, 0.29) is 5.82 Å². The van der Waals surface area contributed by atoms with Gasteiger partial charge in [-0.2, -0.15) is 0 Å². The summed E-state index contributed by atoms with van der Waals surface area (Å²) in [6.07, 6.45) is 3.46. The maximum Gasteiger partial charge on any atom is 0.123 e. The summed E-state index contributed by atoms with van der Waals surface area (Å²) in [7, 11) is 0. The highest BCUT2D eigenvalue weighted by Gasteiger charge is 2.22. The van der Waals surface area contributed by atoms with E-state index >= 15 is 0 Å². The van der Waals surface area contributed by atoms with Gasteiger partial charge in [0.25, 0.3) is 0 Å². The molecule has 1 unspecified atom stereocenters. The van der Waals surface area contributed by atoms with Gasteiger partial charge in [-0.05, 0) is 55.0 Å². The maximum atomic E-state index is 13.6. The van der Waals surface area contributed by atoms with Gasteiger partial charge >= 0.3 is 0 Å². The highest BCUT2D eigenvalue weighted by atomic mass is 19.1. The molecule has 1 atom stereocenters.